The number of carbonyl (C=O) groups excluding carboxylic acids is 1. The Morgan fingerprint density at radius 1 is 1.18 bits per heavy atom. The molecule has 0 amide bonds. The average Bonchev–Trinajstić information content (AvgIpc) is 2.55. The van der Waals surface area contributed by atoms with Gasteiger partial charge in [0.25, 0.3) is 0 Å². The summed E-state index contributed by atoms with van der Waals surface area (Å²) in [5, 5.41) is 0. The molecule has 0 saturated carbocycles. The minimum Gasteiger partial charge on any atom is -0.468 e. The van der Waals surface area contributed by atoms with Crippen LogP contribution in [0, 0.1) is 0 Å². The molecule has 1 rings (SSSR count). The number of rotatable bonds is 7. The van der Waals surface area contributed by atoms with E-state index in [1.54, 1.807) is 18.2 Å². The third-order valence-electron chi connectivity index (χ3n) is 3.28. The van der Waals surface area contributed by atoms with E-state index in [1.165, 1.54) is 24.3 Å². The van der Waals surface area contributed by atoms with E-state index in [4.69, 9.17) is 4.74 Å². The Bertz CT molecular complexity index is 699. The maximum Gasteiger partial charge on any atom is 0.328 e. The van der Waals surface area contributed by atoms with Crippen molar-refractivity contribution in [2.75, 3.05) is 7.11 Å². The molecular formula is C17H18O4S. The number of carbonyl (C=O) groups is 1. The quantitative estimate of drug-likeness (QED) is 0.573. The van der Waals surface area contributed by atoms with E-state index >= 15 is 0 Å². The normalized spacial score (nSPS) is 13.1. The summed E-state index contributed by atoms with van der Waals surface area (Å²) in [5.74, 6) is -0.839. The summed E-state index contributed by atoms with van der Waals surface area (Å²) in [4.78, 5) is 12.4. The number of ether oxygens (including phenoxy) is 1. The number of methoxy groups -OCH3 is 1. The lowest BCUT2D eigenvalue weighted by Gasteiger charge is -2.28. The summed E-state index contributed by atoms with van der Waals surface area (Å²) in [7, 11) is -2.83. The predicted molar refractivity (Wildman–Crippen MR) is 85.0 cm³/mol. The zero-order valence-corrected chi connectivity index (χ0v) is 13.2. The second-order valence-corrected chi connectivity index (χ2v) is 6.79. The number of allylic oxidation sites excluding steroid dienone is 2. The van der Waals surface area contributed by atoms with Crippen LogP contribution in [0.25, 0.3) is 0 Å². The molecule has 0 bridgehead atoms. The molecule has 1 aromatic rings. The molecule has 0 spiro atoms. The Hall–Kier alpha value is -2.32. The largest absolute Gasteiger partial charge is 0.468 e. The van der Waals surface area contributed by atoms with Crippen molar-refractivity contribution in [3.05, 3.63) is 67.1 Å². The summed E-state index contributed by atoms with van der Waals surface area (Å²) < 4.78 is 29.0. The number of benzene rings is 1. The second kappa shape index (κ2) is 7.62. The van der Waals surface area contributed by atoms with Gasteiger partial charge in [0.1, 0.15) is 0 Å². The van der Waals surface area contributed by atoms with Crippen LogP contribution in [0.1, 0.15) is 12.8 Å². The van der Waals surface area contributed by atoms with E-state index < -0.39 is 20.6 Å². The van der Waals surface area contributed by atoms with Gasteiger partial charge in [-0.05, 0) is 24.3 Å². The van der Waals surface area contributed by atoms with E-state index in [0.29, 0.717) is 0 Å². The molecule has 22 heavy (non-hydrogen) atoms. The monoisotopic (exact) mass is 318 g/mol. The first-order valence-corrected chi connectivity index (χ1v) is 8.01. The van der Waals surface area contributed by atoms with Crippen LogP contribution >= 0.6 is 0 Å². The summed E-state index contributed by atoms with van der Waals surface area (Å²) in [6, 6.07) is 7.79. The van der Waals surface area contributed by atoms with Gasteiger partial charge in [0.2, 0.25) is 0 Å². The average molecular weight is 318 g/mol. The summed E-state index contributed by atoms with van der Waals surface area (Å²) in [6.07, 6.45) is 2.62. The van der Waals surface area contributed by atoms with Crippen LogP contribution in [0.3, 0.4) is 0 Å². The maximum absolute atomic E-state index is 13.0. The van der Waals surface area contributed by atoms with Crippen LogP contribution in [-0.4, -0.2) is 26.2 Å². The van der Waals surface area contributed by atoms with Crippen LogP contribution in [0.4, 0.5) is 0 Å². The number of sulfone groups is 1. The van der Waals surface area contributed by atoms with Gasteiger partial charge < -0.3 is 4.74 Å². The zero-order chi connectivity index (χ0) is 16.6. The molecule has 0 radical (unpaired) electrons. The van der Waals surface area contributed by atoms with Crippen molar-refractivity contribution in [2.45, 2.75) is 22.5 Å². The van der Waals surface area contributed by atoms with Crippen molar-refractivity contribution < 1.29 is 17.9 Å². The fourth-order valence-corrected chi connectivity index (χ4v) is 3.94. The van der Waals surface area contributed by atoms with Gasteiger partial charge in [-0.3, -0.25) is 4.79 Å². The first-order chi connectivity index (χ1) is 10.5. The van der Waals surface area contributed by atoms with Crippen LogP contribution in [0.2, 0.25) is 0 Å². The van der Waals surface area contributed by atoms with Crippen LogP contribution in [0.5, 0.6) is 0 Å². The molecule has 0 N–H and O–H groups in total. The predicted octanol–water partition coefficient (Wildman–Crippen LogP) is 2.83. The highest BCUT2D eigenvalue weighted by Crippen LogP contribution is 2.34. The number of hydrogen-bond acceptors (Lipinski definition) is 4. The first-order valence-electron chi connectivity index (χ1n) is 6.53. The van der Waals surface area contributed by atoms with Gasteiger partial charge in [-0.25, -0.2) is 8.42 Å². The zero-order valence-electron chi connectivity index (χ0n) is 12.4. The smallest absolute Gasteiger partial charge is 0.328 e. The molecule has 0 aromatic heterocycles. The summed E-state index contributed by atoms with van der Waals surface area (Å²) >= 11 is 0. The lowest BCUT2D eigenvalue weighted by atomic mass is 10.00. The van der Waals surface area contributed by atoms with Crippen molar-refractivity contribution in [3.63, 3.8) is 0 Å². The third-order valence-corrected chi connectivity index (χ3v) is 5.70. The van der Waals surface area contributed by atoms with Crippen molar-refractivity contribution in [3.8, 4) is 0 Å². The highest BCUT2D eigenvalue weighted by molar-refractivity contribution is 7.93. The van der Waals surface area contributed by atoms with Gasteiger partial charge in [0.05, 0.1) is 12.0 Å². The number of esters is 1. The number of hydrogen-bond donors (Lipinski definition) is 0. The van der Waals surface area contributed by atoms with Crippen molar-refractivity contribution >= 4 is 15.8 Å². The van der Waals surface area contributed by atoms with E-state index in [1.807, 2.05) is 0 Å². The van der Waals surface area contributed by atoms with Crippen LogP contribution in [-0.2, 0) is 19.4 Å². The van der Waals surface area contributed by atoms with Gasteiger partial charge in [0.15, 0.2) is 14.6 Å². The van der Waals surface area contributed by atoms with Crippen LogP contribution < -0.4 is 0 Å². The lowest BCUT2D eigenvalue weighted by molar-refractivity contribution is -0.143. The molecule has 116 valence electrons. The molecule has 0 aliphatic heterocycles. The molecular weight excluding hydrogens is 300 g/mol. The van der Waals surface area contributed by atoms with E-state index in [9.17, 15) is 13.2 Å². The van der Waals surface area contributed by atoms with Crippen LogP contribution in [0.15, 0.2) is 72.0 Å². The SMILES string of the molecule is C=C=CCC(CC=C=C)(C(=O)OC)S(=O)(=O)c1ccccc1. The molecule has 5 heteroatoms. The summed E-state index contributed by atoms with van der Waals surface area (Å²) in [6.45, 7) is 6.84. The minimum absolute atomic E-state index is 0.0512. The Labute approximate surface area is 131 Å². The van der Waals surface area contributed by atoms with Crippen molar-refractivity contribution in [1.29, 1.82) is 0 Å². The molecule has 0 aliphatic carbocycles. The third kappa shape index (κ3) is 3.29. The van der Waals surface area contributed by atoms with E-state index in [2.05, 4.69) is 24.6 Å². The van der Waals surface area contributed by atoms with Crippen molar-refractivity contribution in [2.24, 2.45) is 0 Å². The maximum atomic E-state index is 13.0. The molecule has 0 atom stereocenters. The van der Waals surface area contributed by atoms with Gasteiger partial charge in [-0.2, -0.15) is 0 Å². The first kappa shape index (κ1) is 17.7. The molecule has 0 fully saturated rings. The fraction of sp³-hybridized carbons (Fsp3) is 0.235. The Balaban J connectivity index is 3.61. The van der Waals surface area contributed by atoms with Gasteiger partial charge in [-0.1, -0.05) is 31.4 Å². The van der Waals surface area contributed by atoms with Crippen molar-refractivity contribution in [1.82, 2.24) is 0 Å². The van der Waals surface area contributed by atoms with E-state index in [-0.39, 0.29) is 17.7 Å². The highest BCUT2D eigenvalue weighted by Gasteiger charge is 2.51. The fourth-order valence-electron chi connectivity index (χ4n) is 2.06. The molecule has 4 nitrogen and oxygen atoms in total. The molecule has 0 unspecified atom stereocenters. The second-order valence-electron chi connectivity index (χ2n) is 4.53. The molecule has 0 aliphatic rings. The topological polar surface area (TPSA) is 60.4 Å². The molecule has 0 heterocycles. The minimum atomic E-state index is -3.99. The standard InChI is InChI=1S/C17H18O4S/c1-4-6-13-17(14-7-5-2,16(18)21-3)22(19,20)15-11-9-8-10-12-15/h6-12H,1-2,13-14H2,3H3. The van der Waals surface area contributed by atoms with Gasteiger partial charge in [0, 0.05) is 12.8 Å². The Kier molecular flexibility index (Phi) is 6.14. The highest BCUT2D eigenvalue weighted by atomic mass is 32.2. The molecule has 1 aromatic carbocycles. The summed E-state index contributed by atoms with van der Waals surface area (Å²) in [5.41, 5.74) is 5.01. The molecule has 0 saturated heterocycles. The van der Waals surface area contributed by atoms with Gasteiger partial charge >= 0.3 is 5.97 Å². The lowest BCUT2D eigenvalue weighted by Crippen LogP contribution is -2.46. The van der Waals surface area contributed by atoms with E-state index in [0.717, 1.165) is 7.11 Å². The Morgan fingerprint density at radius 3 is 2.09 bits per heavy atom. The van der Waals surface area contributed by atoms with Gasteiger partial charge in [-0.15, -0.1) is 11.5 Å². The Morgan fingerprint density at radius 2 is 1.68 bits per heavy atom.